The van der Waals surface area contributed by atoms with Gasteiger partial charge in [0.15, 0.2) is 0 Å². The maximum Gasteiger partial charge on any atom is 0.129 e. The van der Waals surface area contributed by atoms with Gasteiger partial charge in [-0.1, -0.05) is 22.0 Å². The van der Waals surface area contributed by atoms with Crippen molar-refractivity contribution in [3.05, 3.63) is 54.8 Å². The molecule has 0 aliphatic heterocycles. The monoisotopic (exact) mass is 420 g/mol. The Labute approximate surface area is 139 Å². The molecule has 20 heavy (non-hydrogen) atoms. The van der Waals surface area contributed by atoms with E-state index in [1.54, 1.807) is 17.4 Å². The Balaban J connectivity index is 2.18. The molecule has 2 aromatic rings. The van der Waals surface area contributed by atoms with Crippen molar-refractivity contribution >= 4 is 43.2 Å². The van der Waals surface area contributed by atoms with E-state index in [-0.39, 0.29) is 11.9 Å². The lowest BCUT2D eigenvalue weighted by atomic mass is 10.1. The van der Waals surface area contributed by atoms with Crippen molar-refractivity contribution in [2.24, 2.45) is 5.73 Å². The normalized spacial score (nSPS) is 12.9. The molecule has 2 N–H and O–H groups in total. The van der Waals surface area contributed by atoms with Crippen LogP contribution in [-0.2, 0) is 6.54 Å². The van der Waals surface area contributed by atoms with Crippen LogP contribution < -0.4 is 5.73 Å². The lowest BCUT2D eigenvalue weighted by Crippen LogP contribution is -2.30. The maximum atomic E-state index is 14.1. The van der Waals surface area contributed by atoms with Crippen molar-refractivity contribution in [3.63, 3.8) is 0 Å². The molecule has 2 nitrogen and oxygen atoms in total. The Morgan fingerprint density at radius 3 is 2.60 bits per heavy atom. The first-order valence-corrected chi connectivity index (χ1v) is 8.56. The molecule has 0 bridgehead atoms. The van der Waals surface area contributed by atoms with E-state index in [2.05, 4.69) is 42.8 Å². The van der Waals surface area contributed by atoms with Gasteiger partial charge in [0, 0.05) is 43.9 Å². The van der Waals surface area contributed by atoms with E-state index in [1.165, 1.54) is 10.9 Å². The van der Waals surface area contributed by atoms with Crippen LogP contribution in [0.4, 0.5) is 4.39 Å². The molecule has 0 fully saturated rings. The minimum Gasteiger partial charge on any atom is -0.329 e. The fourth-order valence-electron chi connectivity index (χ4n) is 2.11. The van der Waals surface area contributed by atoms with Gasteiger partial charge in [0.05, 0.1) is 0 Å². The highest BCUT2D eigenvalue weighted by atomic mass is 79.9. The molecule has 0 saturated heterocycles. The van der Waals surface area contributed by atoms with Crippen molar-refractivity contribution in [2.45, 2.75) is 12.6 Å². The second-order valence-electron chi connectivity index (χ2n) is 4.56. The quantitative estimate of drug-likeness (QED) is 0.767. The van der Waals surface area contributed by atoms with E-state index in [0.717, 1.165) is 15.5 Å². The fraction of sp³-hybridized carbons (Fsp3) is 0.286. The largest absolute Gasteiger partial charge is 0.329 e. The van der Waals surface area contributed by atoms with E-state index in [4.69, 9.17) is 5.73 Å². The lowest BCUT2D eigenvalue weighted by Gasteiger charge is -2.27. The molecule has 2 rings (SSSR count). The summed E-state index contributed by atoms with van der Waals surface area (Å²) in [6, 6.07) is 7.05. The highest BCUT2D eigenvalue weighted by Gasteiger charge is 2.19. The van der Waals surface area contributed by atoms with Gasteiger partial charge in [-0.3, -0.25) is 4.90 Å². The molecule has 1 atom stereocenters. The number of hydrogen-bond acceptors (Lipinski definition) is 3. The number of rotatable bonds is 5. The number of likely N-dealkylation sites (N-methyl/N-ethyl adjacent to an activating group) is 1. The minimum atomic E-state index is -0.228. The molecular weight excluding hydrogens is 407 g/mol. The number of hydrogen-bond donors (Lipinski definition) is 1. The first-order valence-electron chi connectivity index (χ1n) is 6.09. The van der Waals surface area contributed by atoms with E-state index in [9.17, 15) is 4.39 Å². The Bertz CT molecular complexity index is 588. The molecule has 1 unspecified atom stereocenters. The number of halogens is 3. The van der Waals surface area contributed by atoms with Crippen molar-refractivity contribution in [1.82, 2.24) is 4.90 Å². The molecule has 108 valence electrons. The summed E-state index contributed by atoms with van der Waals surface area (Å²) in [5, 5.41) is 2.04. The van der Waals surface area contributed by atoms with Gasteiger partial charge in [-0.05, 0) is 41.2 Å². The van der Waals surface area contributed by atoms with Crippen LogP contribution in [0.25, 0.3) is 0 Å². The SMILES string of the molecule is CN(Cc1cc(Br)cs1)C(CN)c1ccc(Br)cc1F. The summed E-state index contributed by atoms with van der Waals surface area (Å²) in [6.07, 6.45) is 0. The molecule has 1 aromatic heterocycles. The minimum absolute atomic E-state index is 0.135. The molecule has 0 amide bonds. The van der Waals surface area contributed by atoms with Crippen molar-refractivity contribution in [3.8, 4) is 0 Å². The van der Waals surface area contributed by atoms with Crippen LogP contribution in [0.3, 0.4) is 0 Å². The van der Waals surface area contributed by atoms with E-state index < -0.39 is 0 Å². The molecule has 0 spiro atoms. The Kier molecular flexibility index (Phi) is 5.74. The van der Waals surface area contributed by atoms with E-state index in [0.29, 0.717) is 12.1 Å². The van der Waals surface area contributed by atoms with Crippen LogP contribution >= 0.6 is 43.2 Å². The molecule has 1 aromatic carbocycles. The van der Waals surface area contributed by atoms with Gasteiger partial charge in [-0.25, -0.2) is 4.39 Å². The fourth-order valence-corrected chi connectivity index (χ4v) is 3.96. The number of thiophene rings is 1. The van der Waals surface area contributed by atoms with Gasteiger partial charge in [0.1, 0.15) is 5.82 Å². The molecule has 6 heteroatoms. The van der Waals surface area contributed by atoms with E-state index >= 15 is 0 Å². The summed E-state index contributed by atoms with van der Waals surface area (Å²) in [4.78, 5) is 3.29. The van der Waals surface area contributed by atoms with Gasteiger partial charge >= 0.3 is 0 Å². The third kappa shape index (κ3) is 3.89. The molecule has 0 saturated carbocycles. The zero-order chi connectivity index (χ0) is 14.7. The average molecular weight is 422 g/mol. The first kappa shape index (κ1) is 16.1. The van der Waals surface area contributed by atoms with Gasteiger partial charge < -0.3 is 5.73 Å². The maximum absolute atomic E-state index is 14.1. The number of nitrogens with two attached hydrogens (primary N) is 1. The summed E-state index contributed by atoms with van der Waals surface area (Å²) < 4.78 is 15.9. The van der Waals surface area contributed by atoms with Gasteiger partial charge in [-0.2, -0.15) is 0 Å². The zero-order valence-electron chi connectivity index (χ0n) is 10.9. The Hall–Kier alpha value is -0.270. The summed E-state index contributed by atoms with van der Waals surface area (Å²) in [5.41, 5.74) is 6.48. The topological polar surface area (TPSA) is 29.3 Å². The highest BCUT2D eigenvalue weighted by Crippen LogP contribution is 2.27. The van der Waals surface area contributed by atoms with Crippen LogP contribution in [0.1, 0.15) is 16.5 Å². The summed E-state index contributed by atoms with van der Waals surface area (Å²) in [7, 11) is 1.96. The highest BCUT2D eigenvalue weighted by molar-refractivity contribution is 9.10. The predicted octanol–water partition coefficient (Wildman–Crippen LogP) is 4.54. The van der Waals surface area contributed by atoms with Crippen LogP contribution in [-0.4, -0.2) is 18.5 Å². The van der Waals surface area contributed by atoms with E-state index in [1.807, 2.05) is 18.5 Å². The summed E-state index contributed by atoms with van der Waals surface area (Å²) >= 11 is 8.39. The third-order valence-electron chi connectivity index (χ3n) is 3.10. The van der Waals surface area contributed by atoms with Crippen LogP contribution in [0, 0.1) is 5.82 Å². The third-order valence-corrected chi connectivity index (χ3v) is 5.28. The summed E-state index contributed by atoms with van der Waals surface area (Å²) in [5.74, 6) is -0.228. The lowest BCUT2D eigenvalue weighted by molar-refractivity contribution is 0.238. The van der Waals surface area contributed by atoms with Crippen LogP contribution in [0.2, 0.25) is 0 Å². The summed E-state index contributed by atoms with van der Waals surface area (Å²) in [6.45, 7) is 1.12. The van der Waals surface area contributed by atoms with Crippen molar-refractivity contribution in [1.29, 1.82) is 0 Å². The van der Waals surface area contributed by atoms with Crippen LogP contribution in [0.5, 0.6) is 0 Å². The van der Waals surface area contributed by atoms with Gasteiger partial charge in [-0.15, -0.1) is 11.3 Å². The molecule has 0 radical (unpaired) electrons. The molecule has 0 aliphatic rings. The smallest absolute Gasteiger partial charge is 0.129 e. The standard InChI is InChI=1S/C14H15Br2FN2S/c1-19(7-11-4-10(16)8-20-11)14(6-18)12-3-2-9(15)5-13(12)17/h2-5,8,14H,6-7,18H2,1H3. The molecule has 1 heterocycles. The average Bonchev–Trinajstić information content (AvgIpc) is 2.78. The predicted molar refractivity (Wildman–Crippen MR) is 89.4 cm³/mol. The van der Waals surface area contributed by atoms with Gasteiger partial charge in [0.2, 0.25) is 0 Å². The van der Waals surface area contributed by atoms with Crippen LogP contribution in [0.15, 0.2) is 38.6 Å². The Morgan fingerprint density at radius 1 is 1.30 bits per heavy atom. The van der Waals surface area contributed by atoms with Crippen molar-refractivity contribution < 1.29 is 4.39 Å². The Morgan fingerprint density at radius 2 is 2.05 bits per heavy atom. The first-order chi connectivity index (χ1) is 9.51. The van der Waals surface area contributed by atoms with Crippen molar-refractivity contribution in [2.75, 3.05) is 13.6 Å². The number of nitrogens with zero attached hydrogens (tertiary/aromatic N) is 1. The second kappa shape index (κ2) is 7.13. The number of benzene rings is 1. The zero-order valence-corrected chi connectivity index (χ0v) is 14.9. The second-order valence-corrected chi connectivity index (χ2v) is 7.39. The van der Waals surface area contributed by atoms with Gasteiger partial charge in [0.25, 0.3) is 0 Å². The molecular formula is C14H15Br2FN2S. The molecule has 0 aliphatic carbocycles.